The maximum absolute atomic E-state index is 5.81. The first-order valence-electron chi connectivity index (χ1n) is 7.54. The lowest BCUT2D eigenvalue weighted by Gasteiger charge is -2.23. The molecule has 2 heterocycles. The normalized spacial score (nSPS) is 14.2. The van der Waals surface area contributed by atoms with Crippen LogP contribution in [0, 0.1) is 0 Å². The zero-order valence-corrected chi connectivity index (χ0v) is 12.4. The van der Waals surface area contributed by atoms with Gasteiger partial charge in [0.1, 0.15) is 11.6 Å². The van der Waals surface area contributed by atoms with Crippen LogP contribution >= 0.6 is 0 Å². The number of rotatable bonds is 4. The van der Waals surface area contributed by atoms with E-state index in [-0.39, 0.29) is 0 Å². The van der Waals surface area contributed by atoms with Gasteiger partial charge in [0, 0.05) is 13.1 Å². The minimum Gasteiger partial charge on any atom is -0.491 e. The molecule has 1 aromatic heterocycles. The standard InChI is InChI=1S/C17H21N3O/c1-2-18-13-14-7-5-10-17(19-14)20-11-6-12-21-16-9-4-3-8-15(16)20/h3-5,7-10,18H,2,6,11-13H2,1H3. The molecule has 1 N–H and O–H groups in total. The summed E-state index contributed by atoms with van der Waals surface area (Å²) < 4.78 is 5.81. The molecule has 1 aliphatic heterocycles. The van der Waals surface area contributed by atoms with Gasteiger partial charge < -0.3 is 15.0 Å². The fraction of sp³-hybridized carbons (Fsp3) is 0.353. The van der Waals surface area contributed by atoms with Crippen LogP contribution in [0.25, 0.3) is 0 Å². The minimum absolute atomic E-state index is 0.755. The van der Waals surface area contributed by atoms with Gasteiger partial charge in [-0.05, 0) is 37.2 Å². The molecule has 2 aromatic rings. The van der Waals surface area contributed by atoms with Gasteiger partial charge in [0.25, 0.3) is 0 Å². The fourth-order valence-corrected chi connectivity index (χ4v) is 2.53. The lowest BCUT2D eigenvalue weighted by atomic mass is 10.2. The summed E-state index contributed by atoms with van der Waals surface area (Å²) in [5, 5.41) is 3.32. The summed E-state index contributed by atoms with van der Waals surface area (Å²) in [5.41, 5.74) is 2.17. The number of nitrogens with zero attached hydrogens (tertiary/aromatic N) is 2. The number of ether oxygens (including phenoxy) is 1. The van der Waals surface area contributed by atoms with Crippen molar-refractivity contribution in [2.45, 2.75) is 19.9 Å². The van der Waals surface area contributed by atoms with Gasteiger partial charge in [-0.2, -0.15) is 0 Å². The molecular formula is C17H21N3O. The Kier molecular flexibility index (Phi) is 4.36. The Bertz CT molecular complexity index is 600. The molecule has 4 nitrogen and oxygen atoms in total. The summed E-state index contributed by atoms with van der Waals surface area (Å²) in [6, 6.07) is 14.4. The molecule has 0 saturated heterocycles. The first-order valence-corrected chi connectivity index (χ1v) is 7.54. The van der Waals surface area contributed by atoms with Gasteiger partial charge in [0.05, 0.1) is 18.0 Å². The zero-order valence-electron chi connectivity index (χ0n) is 12.4. The number of fused-ring (bicyclic) bond motifs is 1. The van der Waals surface area contributed by atoms with Gasteiger partial charge >= 0.3 is 0 Å². The van der Waals surface area contributed by atoms with Crippen LogP contribution in [0.15, 0.2) is 42.5 Å². The molecule has 4 heteroatoms. The Hall–Kier alpha value is -2.07. The van der Waals surface area contributed by atoms with Crippen molar-refractivity contribution < 1.29 is 4.74 Å². The van der Waals surface area contributed by atoms with Crippen LogP contribution in [-0.2, 0) is 6.54 Å². The first kappa shape index (κ1) is 13.9. The molecule has 0 atom stereocenters. The van der Waals surface area contributed by atoms with E-state index in [1.807, 2.05) is 18.2 Å². The second kappa shape index (κ2) is 6.59. The topological polar surface area (TPSA) is 37.4 Å². The molecule has 1 aromatic carbocycles. The molecule has 0 unspecified atom stereocenters. The SMILES string of the molecule is CCNCc1cccc(N2CCCOc3ccccc32)n1. The monoisotopic (exact) mass is 283 g/mol. The molecular weight excluding hydrogens is 262 g/mol. The van der Waals surface area contributed by atoms with E-state index in [9.17, 15) is 0 Å². The Morgan fingerprint density at radius 3 is 3.00 bits per heavy atom. The largest absolute Gasteiger partial charge is 0.491 e. The Morgan fingerprint density at radius 1 is 1.19 bits per heavy atom. The molecule has 21 heavy (non-hydrogen) atoms. The van der Waals surface area contributed by atoms with Crippen LogP contribution in [0.3, 0.4) is 0 Å². The molecule has 0 spiro atoms. The molecule has 0 saturated carbocycles. The maximum Gasteiger partial charge on any atom is 0.142 e. The highest BCUT2D eigenvalue weighted by molar-refractivity contribution is 5.67. The van der Waals surface area contributed by atoms with Crippen LogP contribution in [-0.4, -0.2) is 24.7 Å². The van der Waals surface area contributed by atoms with Crippen molar-refractivity contribution >= 4 is 11.5 Å². The number of hydrogen-bond donors (Lipinski definition) is 1. The van der Waals surface area contributed by atoms with E-state index in [2.05, 4.69) is 41.4 Å². The van der Waals surface area contributed by atoms with Crippen LogP contribution in [0.2, 0.25) is 0 Å². The number of benzene rings is 1. The number of anilines is 2. The lowest BCUT2D eigenvalue weighted by Crippen LogP contribution is -2.20. The third kappa shape index (κ3) is 3.16. The molecule has 1 aliphatic rings. The second-order valence-electron chi connectivity index (χ2n) is 5.09. The number of hydrogen-bond acceptors (Lipinski definition) is 4. The summed E-state index contributed by atoms with van der Waals surface area (Å²) in [4.78, 5) is 7.03. The van der Waals surface area contributed by atoms with Crippen molar-refractivity contribution in [1.82, 2.24) is 10.3 Å². The predicted octanol–water partition coefficient (Wildman–Crippen LogP) is 3.11. The first-order chi connectivity index (χ1) is 10.4. The second-order valence-corrected chi connectivity index (χ2v) is 5.09. The highest BCUT2D eigenvalue weighted by Crippen LogP contribution is 2.34. The van der Waals surface area contributed by atoms with Crippen LogP contribution in [0.4, 0.5) is 11.5 Å². The molecule has 0 amide bonds. The summed E-state index contributed by atoms with van der Waals surface area (Å²) in [6.07, 6.45) is 0.994. The molecule has 0 bridgehead atoms. The third-order valence-electron chi connectivity index (χ3n) is 3.56. The number of para-hydroxylation sites is 2. The predicted molar refractivity (Wildman–Crippen MR) is 85.2 cm³/mol. The van der Waals surface area contributed by atoms with E-state index in [4.69, 9.17) is 9.72 Å². The Balaban J connectivity index is 1.92. The quantitative estimate of drug-likeness (QED) is 0.935. The van der Waals surface area contributed by atoms with Gasteiger partial charge in [0.2, 0.25) is 0 Å². The molecule has 110 valence electrons. The van der Waals surface area contributed by atoms with E-state index in [0.717, 1.165) is 55.6 Å². The third-order valence-corrected chi connectivity index (χ3v) is 3.56. The molecule has 3 rings (SSSR count). The summed E-state index contributed by atoms with van der Waals surface area (Å²) in [6.45, 7) is 5.54. The average Bonchev–Trinajstić information content (AvgIpc) is 2.75. The van der Waals surface area contributed by atoms with Crippen LogP contribution in [0.5, 0.6) is 5.75 Å². The summed E-state index contributed by atoms with van der Waals surface area (Å²) >= 11 is 0. The Labute approximate surface area is 125 Å². The van der Waals surface area contributed by atoms with E-state index >= 15 is 0 Å². The summed E-state index contributed by atoms with van der Waals surface area (Å²) in [7, 11) is 0. The smallest absolute Gasteiger partial charge is 0.142 e. The van der Waals surface area contributed by atoms with E-state index in [0.29, 0.717) is 0 Å². The van der Waals surface area contributed by atoms with E-state index in [1.54, 1.807) is 0 Å². The van der Waals surface area contributed by atoms with Gasteiger partial charge in [-0.15, -0.1) is 0 Å². The van der Waals surface area contributed by atoms with E-state index < -0.39 is 0 Å². The van der Waals surface area contributed by atoms with Crippen LogP contribution < -0.4 is 15.0 Å². The number of nitrogens with one attached hydrogen (secondary N) is 1. The number of aromatic nitrogens is 1. The van der Waals surface area contributed by atoms with Crippen molar-refractivity contribution in [2.75, 3.05) is 24.6 Å². The molecule has 0 aliphatic carbocycles. The maximum atomic E-state index is 5.81. The fourth-order valence-electron chi connectivity index (χ4n) is 2.53. The van der Waals surface area contributed by atoms with Gasteiger partial charge in [0.15, 0.2) is 0 Å². The zero-order chi connectivity index (χ0) is 14.5. The van der Waals surface area contributed by atoms with Crippen molar-refractivity contribution in [2.24, 2.45) is 0 Å². The van der Waals surface area contributed by atoms with Gasteiger partial charge in [-0.3, -0.25) is 0 Å². The van der Waals surface area contributed by atoms with Crippen LogP contribution in [0.1, 0.15) is 19.0 Å². The molecule has 0 fully saturated rings. The van der Waals surface area contributed by atoms with Gasteiger partial charge in [-0.1, -0.05) is 25.1 Å². The van der Waals surface area contributed by atoms with Crippen molar-refractivity contribution in [3.8, 4) is 5.75 Å². The average molecular weight is 283 g/mol. The molecule has 0 radical (unpaired) electrons. The van der Waals surface area contributed by atoms with E-state index in [1.165, 1.54) is 0 Å². The minimum atomic E-state index is 0.755. The highest BCUT2D eigenvalue weighted by Gasteiger charge is 2.18. The van der Waals surface area contributed by atoms with Crippen molar-refractivity contribution in [3.63, 3.8) is 0 Å². The summed E-state index contributed by atoms with van der Waals surface area (Å²) in [5.74, 6) is 1.93. The highest BCUT2D eigenvalue weighted by atomic mass is 16.5. The Morgan fingerprint density at radius 2 is 2.10 bits per heavy atom. The van der Waals surface area contributed by atoms with Crippen molar-refractivity contribution in [1.29, 1.82) is 0 Å². The van der Waals surface area contributed by atoms with Gasteiger partial charge in [-0.25, -0.2) is 4.98 Å². The lowest BCUT2D eigenvalue weighted by molar-refractivity contribution is 0.322. The number of pyridine rings is 1. The van der Waals surface area contributed by atoms with Crippen molar-refractivity contribution in [3.05, 3.63) is 48.2 Å².